The van der Waals surface area contributed by atoms with E-state index in [0.29, 0.717) is 16.1 Å². The first-order valence-corrected chi connectivity index (χ1v) is 6.90. The Balaban J connectivity index is 2.00. The van der Waals surface area contributed by atoms with Crippen LogP contribution in [0, 0.1) is 13.8 Å². The van der Waals surface area contributed by atoms with Crippen molar-refractivity contribution in [1.82, 2.24) is 10.4 Å². The van der Waals surface area contributed by atoms with Gasteiger partial charge in [-0.05, 0) is 31.5 Å². The number of aryl methyl sites for hydroxylation is 2. The first-order valence-electron chi connectivity index (χ1n) is 6.08. The predicted molar refractivity (Wildman–Crippen MR) is 80.0 cm³/mol. The number of benzene rings is 1. The highest BCUT2D eigenvalue weighted by atomic mass is 32.1. The second kappa shape index (κ2) is 6.27. The highest BCUT2D eigenvalue weighted by molar-refractivity contribution is 7.13. The molecule has 0 fully saturated rings. The molecule has 0 aliphatic heterocycles. The van der Waals surface area contributed by atoms with Crippen molar-refractivity contribution in [1.29, 1.82) is 0 Å². The van der Waals surface area contributed by atoms with Gasteiger partial charge in [-0.25, -0.2) is 15.2 Å². The molecule has 1 heterocycles. The van der Waals surface area contributed by atoms with Gasteiger partial charge in [0.1, 0.15) is 4.88 Å². The van der Waals surface area contributed by atoms with Crippen LogP contribution in [0.5, 0.6) is 0 Å². The minimum absolute atomic E-state index is 0.201. The number of carbonyl (C=O) groups is 2. The highest BCUT2D eigenvalue weighted by Crippen LogP contribution is 2.16. The van der Waals surface area contributed by atoms with Crippen LogP contribution in [-0.2, 0) is 0 Å². The number of nitrogens with one attached hydrogen (secondary N) is 1. The summed E-state index contributed by atoms with van der Waals surface area (Å²) in [6.07, 6.45) is 1.45. The molecule has 2 aromatic rings. The Morgan fingerprint density at radius 1 is 1.29 bits per heavy atom. The summed E-state index contributed by atoms with van der Waals surface area (Å²) in [6, 6.07) is 6.17. The Labute approximate surface area is 125 Å². The van der Waals surface area contributed by atoms with Crippen molar-refractivity contribution in [2.45, 2.75) is 13.8 Å². The van der Waals surface area contributed by atoms with Gasteiger partial charge in [-0.1, -0.05) is 12.1 Å². The van der Waals surface area contributed by atoms with Crippen LogP contribution in [-0.4, -0.2) is 28.2 Å². The maximum atomic E-state index is 11.9. The monoisotopic (exact) mass is 303 g/mol. The molecule has 0 saturated carbocycles. The van der Waals surface area contributed by atoms with Crippen LogP contribution in [0.25, 0.3) is 0 Å². The molecule has 0 bridgehead atoms. The van der Waals surface area contributed by atoms with Crippen molar-refractivity contribution in [3.05, 3.63) is 51.0 Å². The van der Waals surface area contributed by atoms with Crippen LogP contribution in [0.3, 0.4) is 0 Å². The number of hydrogen-bond acceptors (Lipinski definition) is 5. The molecule has 6 nitrogen and oxygen atoms in total. The van der Waals surface area contributed by atoms with E-state index in [1.54, 1.807) is 19.1 Å². The van der Waals surface area contributed by atoms with Crippen molar-refractivity contribution >= 4 is 29.4 Å². The summed E-state index contributed by atoms with van der Waals surface area (Å²) in [5.74, 6) is -1.29. The molecule has 7 heteroatoms. The maximum absolute atomic E-state index is 11.9. The van der Waals surface area contributed by atoms with E-state index in [9.17, 15) is 9.59 Å². The summed E-state index contributed by atoms with van der Waals surface area (Å²) in [7, 11) is 0. The van der Waals surface area contributed by atoms with Crippen LogP contribution in [0.15, 0.2) is 29.4 Å². The zero-order valence-electron chi connectivity index (χ0n) is 11.5. The third-order valence-corrected chi connectivity index (χ3v) is 3.72. The number of carbonyl (C=O) groups excluding carboxylic acids is 1. The van der Waals surface area contributed by atoms with Gasteiger partial charge in [0.05, 0.1) is 22.5 Å². The van der Waals surface area contributed by atoms with Crippen LogP contribution < -0.4 is 5.43 Å². The zero-order chi connectivity index (χ0) is 15.4. The van der Waals surface area contributed by atoms with E-state index in [1.807, 2.05) is 6.92 Å². The van der Waals surface area contributed by atoms with Crippen molar-refractivity contribution in [3.63, 3.8) is 0 Å². The molecule has 1 aromatic heterocycles. The smallest absolute Gasteiger partial charge is 0.335 e. The molecule has 2 rings (SSSR count). The first-order chi connectivity index (χ1) is 9.97. The number of amides is 1. The van der Waals surface area contributed by atoms with E-state index in [-0.39, 0.29) is 11.5 Å². The fraction of sp³-hybridized carbons (Fsp3) is 0.143. The molecule has 0 atom stereocenters. The molecule has 21 heavy (non-hydrogen) atoms. The molecule has 0 unspecified atom stereocenters. The highest BCUT2D eigenvalue weighted by Gasteiger charge is 2.12. The average molecular weight is 303 g/mol. The van der Waals surface area contributed by atoms with Crippen molar-refractivity contribution in [3.8, 4) is 0 Å². The minimum Gasteiger partial charge on any atom is -0.478 e. The fourth-order valence-electron chi connectivity index (χ4n) is 1.67. The zero-order valence-corrected chi connectivity index (χ0v) is 12.3. The molecule has 1 aromatic carbocycles. The Hall–Kier alpha value is -2.54. The number of thiazole rings is 1. The molecule has 0 spiro atoms. The van der Waals surface area contributed by atoms with Crippen LogP contribution in [0.2, 0.25) is 0 Å². The molecule has 108 valence electrons. The minimum atomic E-state index is -0.983. The predicted octanol–water partition coefficient (Wildman–Crippen LogP) is 2.22. The number of rotatable bonds is 4. The second-order valence-corrected chi connectivity index (χ2v) is 5.48. The lowest BCUT2D eigenvalue weighted by Gasteiger charge is -1.98. The fourth-order valence-corrected chi connectivity index (χ4v) is 2.48. The van der Waals surface area contributed by atoms with Crippen LogP contribution in [0.1, 0.15) is 36.3 Å². The lowest BCUT2D eigenvalue weighted by molar-refractivity contribution is 0.0696. The number of carboxylic acids is 1. The molecule has 0 aliphatic carbocycles. The van der Waals surface area contributed by atoms with Crippen molar-refractivity contribution in [2.24, 2.45) is 5.10 Å². The van der Waals surface area contributed by atoms with Gasteiger partial charge in [-0.15, -0.1) is 11.3 Å². The van der Waals surface area contributed by atoms with Gasteiger partial charge in [0, 0.05) is 0 Å². The van der Waals surface area contributed by atoms with E-state index in [1.165, 1.54) is 29.7 Å². The third kappa shape index (κ3) is 3.73. The Morgan fingerprint density at radius 3 is 2.48 bits per heavy atom. The van der Waals surface area contributed by atoms with Gasteiger partial charge in [-0.3, -0.25) is 4.79 Å². The molecule has 1 amide bonds. The number of hydrogen-bond donors (Lipinski definition) is 2. The van der Waals surface area contributed by atoms with E-state index >= 15 is 0 Å². The van der Waals surface area contributed by atoms with Crippen LogP contribution >= 0.6 is 11.3 Å². The van der Waals surface area contributed by atoms with Gasteiger partial charge in [0.2, 0.25) is 0 Å². The van der Waals surface area contributed by atoms with Crippen molar-refractivity contribution < 1.29 is 14.7 Å². The van der Waals surface area contributed by atoms with Crippen molar-refractivity contribution in [2.75, 3.05) is 0 Å². The lowest BCUT2D eigenvalue weighted by Crippen LogP contribution is -2.17. The standard InChI is InChI=1S/C14H13N3O3S/c1-8-12(21-9(2)16-8)13(18)17-15-7-10-3-5-11(6-4-10)14(19)20/h3-7H,1-2H3,(H,17,18)(H,19,20)/b15-7+. The average Bonchev–Trinajstić information content (AvgIpc) is 2.78. The topological polar surface area (TPSA) is 91.7 Å². The first kappa shape index (κ1) is 14.9. The summed E-state index contributed by atoms with van der Waals surface area (Å²) in [6.45, 7) is 3.61. The van der Waals surface area contributed by atoms with Gasteiger partial charge >= 0.3 is 5.97 Å². The van der Waals surface area contributed by atoms with E-state index in [0.717, 1.165) is 5.01 Å². The summed E-state index contributed by atoms with van der Waals surface area (Å²) >= 11 is 1.31. The third-order valence-electron chi connectivity index (χ3n) is 2.65. The Bertz CT molecular complexity index is 705. The summed E-state index contributed by atoms with van der Waals surface area (Å²) in [4.78, 5) is 27.3. The van der Waals surface area contributed by atoms with Gasteiger partial charge in [-0.2, -0.15) is 5.10 Å². The number of aromatic nitrogens is 1. The second-order valence-electron chi connectivity index (χ2n) is 4.27. The molecule has 2 N–H and O–H groups in total. The number of nitrogens with zero attached hydrogens (tertiary/aromatic N) is 2. The van der Waals surface area contributed by atoms with E-state index in [2.05, 4.69) is 15.5 Å². The summed E-state index contributed by atoms with van der Waals surface area (Å²) < 4.78 is 0. The number of hydrazone groups is 1. The maximum Gasteiger partial charge on any atom is 0.335 e. The largest absolute Gasteiger partial charge is 0.478 e. The molecule has 0 aliphatic rings. The Kier molecular flexibility index (Phi) is 4.44. The molecular formula is C14H13N3O3S. The quantitative estimate of drug-likeness (QED) is 0.669. The summed E-state index contributed by atoms with van der Waals surface area (Å²) in [5, 5.41) is 13.5. The van der Waals surface area contributed by atoms with Gasteiger partial charge < -0.3 is 5.11 Å². The molecule has 0 radical (unpaired) electrons. The number of carboxylic acid groups (broad SMARTS) is 1. The SMILES string of the molecule is Cc1nc(C)c(C(=O)N/N=C/c2ccc(C(=O)O)cc2)s1. The number of aromatic carboxylic acids is 1. The van der Waals surface area contributed by atoms with Gasteiger partial charge in [0.15, 0.2) is 0 Å². The van der Waals surface area contributed by atoms with E-state index < -0.39 is 5.97 Å². The molecule has 0 saturated heterocycles. The molecular weight excluding hydrogens is 290 g/mol. The lowest BCUT2D eigenvalue weighted by atomic mass is 10.1. The van der Waals surface area contributed by atoms with Gasteiger partial charge in [0.25, 0.3) is 5.91 Å². The summed E-state index contributed by atoms with van der Waals surface area (Å²) in [5.41, 5.74) is 3.99. The Morgan fingerprint density at radius 2 is 1.95 bits per heavy atom. The van der Waals surface area contributed by atoms with Crippen LogP contribution in [0.4, 0.5) is 0 Å². The normalized spacial score (nSPS) is 10.8. The van der Waals surface area contributed by atoms with E-state index in [4.69, 9.17) is 5.11 Å².